The van der Waals surface area contributed by atoms with E-state index < -0.39 is 5.41 Å². The molecule has 3 nitrogen and oxygen atoms in total. The third kappa shape index (κ3) is 6.59. The average molecular weight is 228 g/mol. The summed E-state index contributed by atoms with van der Waals surface area (Å²) in [6.07, 6.45) is 3.05. The number of esters is 1. The normalized spacial score (nSPS) is 11.6. The largest absolute Gasteiger partial charge is 0.463 e. The van der Waals surface area contributed by atoms with Crippen molar-refractivity contribution in [1.82, 2.24) is 0 Å². The lowest BCUT2D eigenvalue weighted by Crippen LogP contribution is -2.28. The first kappa shape index (κ1) is 15.1. The van der Waals surface area contributed by atoms with Crippen LogP contribution in [0.3, 0.4) is 0 Å². The van der Waals surface area contributed by atoms with Gasteiger partial charge in [-0.1, -0.05) is 6.42 Å². The van der Waals surface area contributed by atoms with E-state index >= 15 is 0 Å². The molecule has 0 saturated heterocycles. The van der Waals surface area contributed by atoms with Crippen LogP contribution in [0, 0.1) is 5.41 Å². The molecule has 3 heteroatoms. The van der Waals surface area contributed by atoms with Crippen molar-refractivity contribution in [2.45, 2.75) is 66.4 Å². The van der Waals surface area contributed by atoms with E-state index in [1.807, 2.05) is 27.7 Å². The summed E-state index contributed by atoms with van der Waals surface area (Å²) in [6.45, 7) is 9.09. The number of carbonyl (C=O) groups excluding carboxylic acids is 2. The maximum atomic E-state index is 11.7. The highest BCUT2D eigenvalue weighted by Gasteiger charge is 2.29. The minimum Gasteiger partial charge on any atom is -0.463 e. The molecule has 16 heavy (non-hydrogen) atoms. The molecule has 0 rings (SSSR count). The molecule has 0 unspecified atom stereocenters. The van der Waals surface area contributed by atoms with Crippen LogP contribution < -0.4 is 0 Å². The van der Waals surface area contributed by atoms with E-state index in [0.29, 0.717) is 6.42 Å². The van der Waals surface area contributed by atoms with Crippen LogP contribution in [0.5, 0.6) is 0 Å². The third-order valence-electron chi connectivity index (χ3n) is 2.48. The van der Waals surface area contributed by atoms with E-state index in [1.165, 1.54) is 0 Å². The van der Waals surface area contributed by atoms with E-state index in [2.05, 4.69) is 0 Å². The zero-order valence-electron chi connectivity index (χ0n) is 11.1. The van der Waals surface area contributed by atoms with Gasteiger partial charge in [-0.05, 0) is 47.5 Å². The molecule has 0 aromatic rings. The summed E-state index contributed by atoms with van der Waals surface area (Å²) in [5.74, 6) is 0.0629. The molecule has 0 aliphatic carbocycles. The van der Waals surface area contributed by atoms with Crippen molar-refractivity contribution < 1.29 is 14.3 Å². The van der Waals surface area contributed by atoms with Crippen LogP contribution in [0.15, 0.2) is 0 Å². The summed E-state index contributed by atoms with van der Waals surface area (Å²) < 4.78 is 5.19. The number of rotatable bonds is 7. The average Bonchev–Trinajstić information content (AvgIpc) is 2.11. The van der Waals surface area contributed by atoms with Crippen LogP contribution in [-0.4, -0.2) is 17.9 Å². The number of carbonyl (C=O) groups is 2. The van der Waals surface area contributed by atoms with E-state index in [-0.39, 0.29) is 17.9 Å². The fraction of sp³-hybridized carbons (Fsp3) is 0.846. The van der Waals surface area contributed by atoms with Gasteiger partial charge in [0.1, 0.15) is 5.78 Å². The number of hydrogen-bond acceptors (Lipinski definition) is 3. The summed E-state index contributed by atoms with van der Waals surface area (Å²) in [4.78, 5) is 22.5. The number of unbranched alkanes of at least 4 members (excludes halogenated alkanes) is 1. The summed E-state index contributed by atoms with van der Waals surface area (Å²) in [7, 11) is 0. The first-order valence-corrected chi connectivity index (χ1v) is 5.96. The smallest absolute Gasteiger partial charge is 0.311 e. The number of ketones is 1. The Hall–Kier alpha value is -0.860. The quantitative estimate of drug-likeness (QED) is 0.496. The Kier molecular flexibility index (Phi) is 6.31. The predicted octanol–water partition coefficient (Wildman–Crippen LogP) is 3.11. The Bertz CT molecular complexity index is 242. The van der Waals surface area contributed by atoms with Gasteiger partial charge in [0, 0.05) is 6.42 Å². The van der Waals surface area contributed by atoms with E-state index in [0.717, 1.165) is 19.3 Å². The molecule has 0 fully saturated rings. The number of hydrogen-bond donors (Lipinski definition) is 0. The molecule has 0 bridgehead atoms. The fourth-order valence-corrected chi connectivity index (χ4v) is 1.42. The van der Waals surface area contributed by atoms with Gasteiger partial charge in [0.25, 0.3) is 0 Å². The van der Waals surface area contributed by atoms with Gasteiger partial charge < -0.3 is 9.53 Å². The highest BCUT2D eigenvalue weighted by atomic mass is 16.5. The van der Waals surface area contributed by atoms with Crippen molar-refractivity contribution in [3.63, 3.8) is 0 Å². The van der Waals surface area contributed by atoms with Crippen molar-refractivity contribution >= 4 is 11.8 Å². The molecule has 0 N–H and O–H groups in total. The predicted molar refractivity (Wildman–Crippen MR) is 64.2 cm³/mol. The van der Waals surface area contributed by atoms with E-state index in [4.69, 9.17) is 4.74 Å². The Morgan fingerprint density at radius 3 is 2.19 bits per heavy atom. The third-order valence-corrected chi connectivity index (χ3v) is 2.48. The lowest BCUT2D eigenvalue weighted by Gasteiger charge is -2.23. The lowest BCUT2D eigenvalue weighted by molar-refractivity contribution is -0.158. The van der Waals surface area contributed by atoms with Crippen LogP contribution in [-0.2, 0) is 14.3 Å². The Balaban J connectivity index is 3.94. The molecule has 0 aromatic carbocycles. The van der Waals surface area contributed by atoms with E-state index in [1.54, 1.807) is 6.92 Å². The molecular formula is C13H24O3. The molecule has 0 amide bonds. The molecule has 0 heterocycles. The molecule has 0 radical (unpaired) electrons. The molecular weight excluding hydrogens is 204 g/mol. The Labute approximate surface area is 98.6 Å². The molecule has 0 aliphatic rings. The topological polar surface area (TPSA) is 43.4 Å². The van der Waals surface area contributed by atoms with Crippen molar-refractivity contribution in [1.29, 1.82) is 0 Å². The van der Waals surface area contributed by atoms with Crippen LogP contribution >= 0.6 is 0 Å². The second kappa shape index (κ2) is 6.66. The SMILES string of the molecule is CC(=O)CCCCC(C)(C)C(=O)OC(C)C. The molecule has 0 spiro atoms. The number of ether oxygens (including phenoxy) is 1. The standard InChI is InChI=1S/C13H24O3/c1-10(2)16-12(15)13(4,5)9-7-6-8-11(3)14/h10H,6-9H2,1-5H3. The van der Waals surface area contributed by atoms with E-state index in [9.17, 15) is 9.59 Å². The van der Waals surface area contributed by atoms with Gasteiger partial charge in [0.2, 0.25) is 0 Å². The monoisotopic (exact) mass is 228 g/mol. The first-order valence-electron chi connectivity index (χ1n) is 5.96. The summed E-state index contributed by atoms with van der Waals surface area (Å²) >= 11 is 0. The lowest BCUT2D eigenvalue weighted by atomic mass is 9.87. The van der Waals surface area contributed by atoms with Crippen LogP contribution in [0.25, 0.3) is 0 Å². The number of Topliss-reactive ketones (excluding diaryl/α,β-unsaturated/α-hetero) is 1. The van der Waals surface area contributed by atoms with Crippen molar-refractivity contribution in [2.24, 2.45) is 5.41 Å². The second-order valence-corrected chi connectivity index (χ2v) is 5.25. The minimum atomic E-state index is -0.443. The molecule has 94 valence electrons. The van der Waals surface area contributed by atoms with Gasteiger partial charge in [0.05, 0.1) is 11.5 Å². The highest BCUT2D eigenvalue weighted by molar-refractivity contribution is 5.76. The van der Waals surface area contributed by atoms with Gasteiger partial charge in [-0.25, -0.2) is 0 Å². The fourth-order valence-electron chi connectivity index (χ4n) is 1.42. The van der Waals surface area contributed by atoms with Gasteiger partial charge in [-0.15, -0.1) is 0 Å². The highest BCUT2D eigenvalue weighted by Crippen LogP contribution is 2.26. The van der Waals surface area contributed by atoms with Crippen LogP contribution in [0.1, 0.15) is 60.3 Å². The van der Waals surface area contributed by atoms with Crippen LogP contribution in [0.2, 0.25) is 0 Å². The minimum absolute atomic E-state index is 0.0657. The molecule has 0 atom stereocenters. The first-order chi connectivity index (χ1) is 7.25. The van der Waals surface area contributed by atoms with Gasteiger partial charge in [-0.3, -0.25) is 4.79 Å². The Morgan fingerprint density at radius 1 is 1.19 bits per heavy atom. The zero-order valence-corrected chi connectivity index (χ0v) is 11.1. The molecule has 0 aliphatic heterocycles. The summed E-state index contributed by atoms with van der Waals surface area (Å²) in [5.41, 5.74) is -0.443. The second-order valence-electron chi connectivity index (χ2n) is 5.25. The Morgan fingerprint density at radius 2 is 1.75 bits per heavy atom. The molecule has 0 aromatic heterocycles. The maximum absolute atomic E-state index is 11.7. The zero-order chi connectivity index (χ0) is 12.8. The van der Waals surface area contributed by atoms with Gasteiger partial charge in [-0.2, -0.15) is 0 Å². The maximum Gasteiger partial charge on any atom is 0.311 e. The van der Waals surface area contributed by atoms with Crippen molar-refractivity contribution in [2.75, 3.05) is 0 Å². The van der Waals surface area contributed by atoms with Crippen molar-refractivity contribution in [3.8, 4) is 0 Å². The van der Waals surface area contributed by atoms with Crippen LogP contribution in [0.4, 0.5) is 0 Å². The summed E-state index contributed by atoms with van der Waals surface area (Å²) in [5, 5.41) is 0. The van der Waals surface area contributed by atoms with Gasteiger partial charge >= 0.3 is 5.97 Å². The van der Waals surface area contributed by atoms with Gasteiger partial charge in [0.15, 0.2) is 0 Å². The van der Waals surface area contributed by atoms with Crippen molar-refractivity contribution in [3.05, 3.63) is 0 Å². The molecule has 0 saturated carbocycles. The summed E-state index contributed by atoms with van der Waals surface area (Å²) in [6, 6.07) is 0.